The van der Waals surface area contributed by atoms with E-state index < -0.39 is 12.4 Å². The van der Waals surface area contributed by atoms with E-state index in [-0.39, 0.29) is 5.92 Å². The first-order valence-corrected chi connectivity index (χ1v) is 8.71. The van der Waals surface area contributed by atoms with Gasteiger partial charge >= 0.3 is 7.12 Å². The molecular weight excluding hydrogens is 307 g/mol. The fourth-order valence-electron chi connectivity index (χ4n) is 3.88. The van der Waals surface area contributed by atoms with Crippen molar-refractivity contribution in [2.24, 2.45) is 0 Å². The van der Waals surface area contributed by atoms with Crippen molar-refractivity contribution in [3.8, 4) is 0 Å². The van der Waals surface area contributed by atoms with E-state index in [0.717, 1.165) is 16.7 Å². The standard InChI is InChI=1S/C22H23BO2/c1-2-22(23(24)25,20-16-10-5-11-17-20)21(18-12-6-3-7-13-18)19-14-8-4-9-15-19/h3-17,21,24-25H,2H2,1H3. The highest BCUT2D eigenvalue weighted by atomic mass is 16.4. The number of benzene rings is 3. The largest absolute Gasteiger partial charge is 0.463 e. The van der Waals surface area contributed by atoms with Crippen LogP contribution in [0.15, 0.2) is 91.0 Å². The van der Waals surface area contributed by atoms with Crippen LogP contribution in [0.25, 0.3) is 0 Å². The number of hydrogen-bond acceptors (Lipinski definition) is 2. The molecule has 126 valence electrons. The summed E-state index contributed by atoms with van der Waals surface area (Å²) >= 11 is 0. The summed E-state index contributed by atoms with van der Waals surface area (Å²) < 4.78 is 0. The van der Waals surface area contributed by atoms with Crippen molar-refractivity contribution in [3.63, 3.8) is 0 Å². The summed E-state index contributed by atoms with van der Waals surface area (Å²) in [5.74, 6) is -0.165. The van der Waals surface area contributed by atoms with Gasteiger partial charge in [0.05, 0.1) is 0 Å². The smallest absolute Gasteiger partial charge is 0.426 e. The Morgan fingerprint density at radius 1 is 0.720 bits per heavy atom. The van der Waals surface area contributed by atoms with E-state index in [1.165, 1.54) is 0 Å². The maximum Gasteiger partial charge on any atom is 0.463 e. The van der Waals surface area contributed by atoms with Gasteiger partial charge in [0.2, 0.25) is 0 Å². The molecule has 0 amide bonds. The molecule has 0 aliphatic carbocycles. The Morgan fingerprint density at radius 3 is 1.48 bits per heavy atom. The predicted molar refractivity (Wildman–Crippen MR) is 103 cm³/mol. The van der Waals surface area contributed by atoms with Gasteiger partial charge in [0.25, 0.3) is 0 Å². The van der Waals surface area contributed by atoms with Crippen LogP contribution < -0.4 is 0 Å². The summed E-state index contributed by atoms with van der Waals surface area (Å²) in [5.41, 5.74) is 3.09. The molecule has 0 heterocycles. The van der Waals surface area contributed by atoms with Crippen molar-refractivity contribution < 1.29 is 10.0 Å². The Hall–Kier alpha value is -2.36. The van der Waals surface area contributed by atoms with Crippen LogP contribution in [0, 0.1) is 0 Å². The third-order valence-corrected chi connectivity index (χ3v) is 5.14. The molecule has 2 N–H and O–H groups in total. The van der Waals surface area contributed by atoms with Gasteiger partial charge in [-0.15, -0.1) is 0 Å². The van der Waals surface area contributed by atoms with Crippen LogP contribution >= 0.6 is 0 Å². The van der Waals surface area contributed by atoms with Gasteiger partial charge in [0.15, 0.2) is 0 Å². The molecular formula is C22H23BO2. The summed E-state index contributed by atoms with van der Waals surface area (Å²) in [4.78, 5) is 0. The van der Waals surface area contributed by atoms with Gasteiger partial charge in [-0.05, 0) is 23.1 Å². The van der Waals surface area contributed by atoms with Gasteiger partial charge in [-0.25, -0.2) is 0 Å². The molecule has 0 saturated carbocycles. The number of hydrogen-bond donors (Lipinski definition) is 2. The average molecular weight is 330 g/mol. The summed E-state index contributed by atoms with van der Waals surface area (Å²) in [7, 11) is -1.48. The summed E-state index contributed by atoms with van der Waals surface area (Å²) in [6, 6.07) is 30.1. The molecule has 0 saturated heterocycles. The van der Waals surface area contributed by atoms with Gasteiger partial charge in [-0.2, -0.15) is 0 Å². The second kappa shape index (κ2) is 7.69. The third kappa shape index (κ3) is 3.26. The second-order valence-electron chi connectivity index (χ2n) is 6.39. The lowest BCUT2D eigenvalue weighted by Gasteiger charge is -2.41. The Morgan fingerprint density at radius 2 is 1.12 bits per heavy atom. The van der Waals surface area contributed by atoms with Gasteiger partial charge in [-0.1, -0.05) is 97.9 Å². The topological polar surface area (TPSA) is 40.5 Å². The van der Waals surface area contributed by atoms with E-state index in [2.05, 4.69) is 24.3 Å². The lowest BCUT2D eigenvalue weighted by molar-refractivity contribution is 0.316. The van der Waals surface area contributed by atoms with Gasteiger partial charge in [0, 0.05) is 11.2 Å². The van der Waals surface area contributed by atoms with Crippen LogP contribution in [0.3, 0.4) is 0 Å². The monoisotopic (exact) mass is 330 g/mol. The SMILES string of the molecule is CCC(B(O)O)(c1ccccc1)C(c1ccccc1)c1ccccc1. The van der Waals surface area contributed by atoms with Crippen molar-refractivity contribution in [2.45, 2.75) is 24.6 Å². The minimum Gasteiger partial charge on any atom is -0.426 e. The van der Waals surface area contributed by atoms with Gasteiger partial charge in [-0.3, -0.25) is 0 Å². The molecule has 3 aromatic carbocycles. The first-order valence-electron chi connectivity index (χ1n) is 8.71. The van der Waals surface area contributed by atoms with Crippen LogP contribution in [0.1, 0.15) is 36.0 Å². The van der Waals surface area contributed by atoms with Crippen molar-refractivity contribution in [1.82, 2.24) is 0 Å². The highest BCUT2D eigenvalue weighted by molar-refractivity contribution is 6.46. The molecule has 0 spiro atoms. The first kappa shape index (κ1) is 17.5. The molecule has 0 aromatic heterocycles. The Balaban J connectivity index is 2.28. The zero-order chi connectivity index (χ0) is 17.7. The van der Waals surface area contributed by atoms with E-state index >= 15 is 0 Å². The van der Waals surface area contributed by atoms with Crippen LogP contribution in [-0.2, 0) is 5.31 Å². The maximum atomic E-state index is 10.6. The van der Waals surface area contributed by atoms with Crippen LogP contribution in [0.5, 0.6) is 0 Å². The Bertz CT molecular complexity index is 735. The predicted octanol–water partition coefficient (Wildman–Crippen LogP) is 4.18. The Kier molecular flexibility index (Phi) is 5.37. The zero-order valence-corrected chi connectivity index (χ0v) is 14.4. The van der Waals surface area contributed by atoms with E-state index in [0.29, 0.717) is 6.42 Å². The van der Waals surface area contributed by atoms with Crippen molar-refractivity contribution in [3.05, 3.63) is 108 Å². The molecule has 25 heavy (non-hydrogen) atoms. The average Bonchev–Trinajstić information content (AvgIpc) is 2.68. The van der Waals surface area contributed by atoms with Crippen molar-refractivity contribution >= 4 is 7.12 Å². The minimum absolute atomic E-state index is 0.165. The van der Waals surface area contributed by atoms with E-state index in [1.54, 1.807) is 0 Å². The fraction of sp³-hybridized carbons (Fsp3) is 0.182. The fourth-order valence-corrected chi connectivity index (χ4v) is 3.88. The molecule has 1 atom stereocenters. The van der Waals surface area contributed by atoms with Crippen molar-refractivity contribution in [1.29, 1.82) is 0 Å². The first-order chi connectivity index (χ1) is 12.2. The quantitative estimate of drug-likeness (QED) is 0.666. The molecule has 0 fully saturated rings. The summed E-state index contributed by atoms with van der Waals surface area (Å²) in [5, 5.41) is 20.3. The van der Waals surface area contributed by atoms with Crippen LogP contribution in [0.2, 0.25) is 0 Å². The van der Waals surface area contributed by atoms with E-state index in [1.807, 2.05) is 73.7 Å². The van der Waals surface area contributed by atoms with Crippen LogP contribution in [0.4, 0.5) is 0 Å². The maximum absolute atomic E-state index is 10.6. The summed E-state index contributed by atoms with van der Waals surface area (Å²) in [6.45, 7) is 2.02. The molecule has 1 unspecified atom stereocenters. The molecule has 2 nitrogen and oxygen atoms in total. The molecule has 0 aliphatic rings. The molecule has 0 bridgehead atoms. The van der Waals surface area contributed by atoms with Crippen LogP contribution in [-0.4, -0.2) is 17.2 Å². The third-order valence-electron chi connectivity index (χ3n) is 5.14. The number of rotatable bonds is 6. The normalized spacial score (nSPS) is 13.4. The lowest BCUT2D eigenvalue weighted by Crippen LogP contribution is -2.48. The Labute approximate surface area is 149 Å². The minimum atomic E-state index is -1.48. The molecule has 0 radical (unpaired) electrons. The van der Waals surface area contributed by atoms with E-state index in [4.69, 9.17) is 0 Å². The van der Waals surface area contributed by atoms with E-state index in [9.17, 15) is 10.0 Å². The summed E-state index contributed by atoms with van der Waals surface area (Å²) in [6.07, 6.45) is 0.600. The van der Waals surface area contributed by atoms with Gasteiger partial charge in [0.1, 0.15) is 0 Å². The molecule has 3 heteroatoms. The zero-order valence-electron chi connectivity index (χ0n) is 14.4. The highest BCUT2D eigenvalue weighted by Crippen LogP contribution is 2.46. The molecule has 0 aliphatic heterocycles. The lowest BCUT2D eigenvalue weighted by atomic mass is 9.45. The van der Waals surface area contributed by atoms with Gasteiger partial charge < -0.3 is 10.0 Å². The van der Waals surface area contributed by atoms with Crippen molar-refractivity contribution in [2.75, 3.05) is 0 Å². The highest BCUT2D eigenvalue weighted by Gasteiger charge is 2.49. The molecule has 3 rings (SSSR count). The molecule has 3 aromatic rings. The second-order valence-corrected chi connectivity index (χ2v) is 6.39.